The lowest BCUT2D eigenvalue weighted by Crippen LogP contribution is -1.86. The van der Waals surface area contributed by atoms with Crippen LogP contribution in [-0.4, -0.2) is 14.2 Å². The second-order valence-electron chi connectivity index (χ2n) is 3.04. The van der Waals surface area contributed by atoms with Gasteiger partial charge in [0.1, 0.15) is 5.75 Å². The second kappa shape index (κ2) is 4.36. The molecule has 0 aliphatic heterocycles. The fourth-order valence-corrected chi connectivity index (χ4v) is 2.35. The number of ether oxygens (including phenoxy) is 2. The Morgan fingerprint density at radius 1 is 1.00 bits per heavy atom. The van der Waals surface area contributed by atoms with E-state index in [9.17, 15) is 0 Å². The lowest BCUT2D eigenvalue weighted by Gasteiger charge is -2.05. The summed E-state index contributed by atoms with van der Waals surface area (Å²) < 4.78 is 10.6. The first-order valence-corrected chi connectivity index (χ1v) is 5.49. The average Bonchev–Trinajstić information content (AvgIpc) is 2.72. The Morgan fingerprint density at radius 2 is 1.73 bits per heavy atom. The molecule has 3 heteroatoms. The Balaban J connectivity index is 2.55. The molecule has 0 aliphatic carbocycles. The van der Waals surface area contributed by atoms with E-state index < -0.39 is 0 Å². The molecule has 0 amide bonds. The second-order valence-corrected chi connectivity index (χ2v) is 3.88. The van der Waals surface area contributed by atoms with Crippen molar-refractivity contribution < 1.29 is 9.47 Å². The molecule has 0 atom stereocenters. The monoisotopic (exact) mass is 220 g/mol. The van der Waals surface area contributed by atoms with Crippen molar-refractivity contribution in [2.24, 2.45) is 0 Å². The summed E-state index contributed by atoms with van der Waals surface area (Å²) in [4.78, 5) is 0. The van der Waals surface area contributed by atoms with Gasteiger partial charge >= 0.3 is 0 Å². The van der Waals surface area contributed by atoms with Crippen LogP contribution in [0.25, 0.3) is 11.1 Å². The van der Waals surface area contributed by atoms with Gasteiger partial charge < -0.3 is 9.47 Å². The molecule has 1 aromatic carbocycles. The lowest BCUT2D eigenvalue weighted by atomic mass is 10.1. The predicted octanol–water partition coefficient (Wildman–Crippen LogP) is 3.43. The van der Waals surface area contributed by atoms with Crippen LogP contribution in [-0.2, 0) is 0 Å². The van der Waals surface area contributed by atoms with E-state index in [0.717, 1.165) is 21.9 Å². The van der Waals surface area contributed by atoms with E-state index in [1.807, 2.05) is 35.7 Å². The van der Waals surface area contributed by atoms with Gasteiger partial charge in [0.25, 0.3) is 0 Å². The van der Waals surface area contributed by atoms with Gasteiger partial charge in [-0.25, -0.2) is 0 Å². The number of hydrogen-bond donors (Lipinski definition) is 0. The highest BCUT2D eigenvalue weighted by Crippen LogP contribution is 2.43. The number of thiophene rings is 1. The minimum absolute atomic E-state index is 0.864. The first-order valence-electron chi connectivity index (χ1n) is 4.61. The van der Waals surface area contributed by atoms with Gasteiger partial charge in [-0.2, -0.15) is 0 Å². The van der Waals surface area contributed by atoms with Gasteiger partial charge in [-0.1, -0.05) is 30.3 Å². The zero-order valence-corrected chi connectivity index (χ0v) is 9.51. The molecule has 1 aromatic heterocycles. The smallest absolute Gasteiger partial charge is 0.185 e. The standard InChI is InChI=1S/C12H12O2S/c1-13-10-8-15-12(14-2)11(10)9-6-4-3-5-7-9/h3-8H,1-2H3. The summed E-state index contributed by atoms with van der Waals surface area (Å²) in [5, 5.41) is 2.85. The van der Waals surface area contributed by atoms with Crippen molar-refractivity contribution in [1.82, 2.24) is 0 Å². The average molecular weight is 220 g/mol. The summed E-state index contributed by atoms with van der Waals surface area (Å²) in [6.07, 6.45) is 0. The Hall–Kier alpha value is -1.48. The van der Waals surface area contributed by atoms with Gasteiger partial charge in [-0.05, 0) is 5.56 Å². The highest BCUT2D eigenvalue weighted by Gasteiger charge is 2.14. The molecule has 15 heavy (non-hydrogen) atoms. The largest absolute Gasteiger partial charge is 0.495 e. The third-order valence-corrected chi connectivity index (χ3v) is 3.11. The van der Waals surface area contributed by atoms with Gasteiger partial charge in [-0.3, -0.25) is 0 Å². The molecule has 2 nitrogen and oxygen atoms in total. The maximum Gasteiger partial charge on any atom is 0.185 e. The SMILES string of the molecule is COc1csc(OC)c1-c1ccccc1. The van der Waals surface area contributed by atoms with Crippen molar-refractivity contribution in [2.75, 3.05) is 14.2 Å². The molecule has 0 spiro atoms. The molecule has 0 bridgehead atoms. The van der Waals surface area contributed by atoms with Gasteiger partial charge in [0.2, 0.25) is 0 Å². The van der Waals surface area contributed by atoms with Crippen LogP contribution < -0.4 is 9.47 Å². The van der Waals surface area contributed by atoms with Gasteiger partial charge in [0.05, 0.1) is 19.8 Å². The topological polar surface area (TPSA) is 18.5 Å². The van der Waals surface area contributed by atoms with E-state index in [1.165, 1.54) is 0 Å². The normalized spacial score (nSPS) is 10.0. The molecule has 0 aliphatic rings. The fraction of sp³-hybridized carbons (Fsp3) is 0.167. The van der Waals surface area contributed by atoms with Crippen LogP contribution in [0.3, 0.4) is 0 Å². The number of rotatable bonds is 3. The minimum atomic E-state index is 0.864. The highest BCUT2D eigenvalue weighted by atomic mass is 32.1. The number of benzene rings is 1. The maximum atomic E-state index is 5.32. The molecular weight excluding hydrogens is 208 g/mol. The zero-order chi connectivity index (χ0) is 10.7. The van der Waals surface area contributed by atoms with Gasteiger partial charge in [0.15, 0.2) is 5.06 Å². The first kappa shape index (κ1) is 10.1. The van der Waals surface area contributed by atoms with Crippen molar-refractivity contribution >= 4 is 11.3 Å². The van der Waals surface area contributed by atoms with E-state index in [2.05, 4.69) is 0 Å². The molecule has 0 saturated carbocycles. The Kier molecular flexibility index (Phi) is 2.92. The van der Waals surface area contributed by atoms with Crippen molar-refractivity contribution in [2.45, 2.75) is 0 Å². The van der Waals surface area contributed by atoms with Crippen LogP contribution in [0.2, 0.25) is 0 Å². The molecule has 78 valence electrons. The number of hydrogen-bond acceptors (Lipinski definition) is 3. The van der Waals surface area contributed by atoms with Crippen molar-refractivity contribution in [3.05, 3.63) is 35.7 Å². The highest BCUT2D eigenvalue weighted by molar-refractivity contribution is 7.12. The molecule has 1 heterocycles. The molecule has 0 fully saturated rings. The van der Waals surface area contributed by atoms with Crippen LogP contribution in [0.15, 0.2) is 35.7 Å². The van der Waals surface area contributed by atoms with Crippen LogP contribution in [0.4, 0.5) is 0 Å². The lowest BCUT2D eigenvalue weighted by molar-refractivity contribution is 0.408. The van der Waals surface area contributed by atoms with Gasteiger partial charge in [-0.15, -0.1) is 11.3 Å². The maximum absolute atomic E-state index is 5.32. The Morgan fingerprint density at radius 3 is 2.33 bits per heavy atom. The third kappa shape index (κ3) is 1.83. The molecule has 0 radical (unpaired) electrons. The summed E-state index contributed by atoms with van der Waals surface area (Å²) in [7, 11) is 3.35. The first-order chi connectivity index (χ1) is 7.36. The quantitative estimate of drug-likeness (QED) is 0.789. The zero-order valence-electron chi connectivity index (χ0n) is 8.69. The van der Waals surface area contributed by atoms with E-state index in [0.29, 0.717) is 0 Å². The summed E-state index contributed by atoms with van der Waals surface area (Å²) >= 11 is 1.55. The van der Waals surface area contributed by atoms with E-state index in [1.54, 1.807) is 25.6 Å². The van der Waals surface area contributed by atoms with E-state index >= 15 is 0 Å². The summed E-state index contributed by atoms with van der Waals surface area (Å²) in [5.41, 5.74) is 2.15. The minimum Gasteiger partial charge on any atom is -0.495 e. The van der Waals surface area contributed by atoms with Crippen LogP contribution in [0, 0.1) is 0 Å². The predicted molar refractivity (Wildman–Crippen MR) is 62.9 cm³/mol. The van der Waals surface area contributed by atoms with Crippen LogP contribution in [0.1, 0.15) is 0 Å². The Bertz CT molecular complexity index is 413. The fourth-order valence-electron chi connectivity index (χ4n) is 1.49. The molecule has 0 unspecified atom stereocenters. The van der Waals surface area contributed by atoms with Crippen LogP contribution >= 0.6 is 11.3 Å². The van der Waals surface area contributed by atoms with Crippen molar-refractivity contribution in [3.8, 4) is 21.9 Å². The summed E-state index contributed by atoms with van der Waals surface area (Å²) in [5.74, 6) is 0.864. The third-order valence-electron chi connectivity index (χ3n) is 2.19. The van der Waals surface area contributed by atoms with Gasteiger partial charge in [0, 0.05) is 5.38 Å². The van der Waals surface area contributed by atoms with Crippen molar-refractivity contribution in [3.63, 3.8) is 0 Å². The molecule has 0 saturated heterocycles. The van der Waals surface area contributed by atoms with E-state index in [-0.39, 0.29) is 0 Å². The Labute approximate surface area is 93.1 Å². The number of methoxy groups -OCH3 is 2. The summed E-state index contributed by atoms with van der Waals surface area (Å²) in [6, 6.07) is 10.1. The molecule has 2 aromatic rings. The molecular formula is C12H12O2S. The van der Waals surface area contributed by atoms with Crippen LogP contribution in [0.5, 0.6) is 10.8 Å². The summed E-state index contributed by atoms with van der Waals surface area (Å²) in [6.45, 7) is 0. The van der Waals surface area contributed by atoms with E-state index in [4.69, 9.17) is 9.47 Å². The van der Waals surface area contributed by atoms with Crippen molar-refractivity contribution in [1.29, 1.82) is 0 Å². The molecule has 0 N–H and O–H groups in total. The molecule has 2 rings (SSSR count).